The summed E-state index contributed by atoms with van der Waals surface area (Å²) in [6.07, 6.45) is 0. The third-order valence-corrected chi connectivity index (χ3v) is 4.53. The highest BCUT2D eigenvalue weighted by atomic mass is 35.5. The molecule has 1 atom stereocenters. The number of methoxy groups -OCH3 is 1. The molecule has 1 aliphatic rings. The fourth-order valence-electron chi connectivity index (χ4n) is 2.87. The van der Waals surface area contributed by atoms with Gasteiger partial charge in [0.1, 0.15) is 5.82 Å². The lowest BCUT2D eigenvalue weighted by Crippen LogP contribution is -2.41. The summed E-state index contributed by atoms with van der Waals surface area (Å²) in [7, 11) is 1.31. The average Bonchev–Trinajstić information content (AvgIpc) is 2.70. The fourth-order valence-corrected chi connectivity index (χ4v) is 3.00. The summed E-state index contributed by atoms with van der Waals surface area (Å²) in [5.41, 5.74) is 1.35. The molecule has 138 valence electrons. The molecule has 0 spiro atoms. The van der Waals surface area contributed by atoms with Gasteiger partial charge in [-0.1, -0.05) is 23.7 Å². The number of nitrogens with one attached hydrogen (secondary N) is 1. The number of esters is 1. The molecule has 2 heterocycles. The summed E-state index contributed by atoms with van der Waals surface area (Å²) in [6, 6.07) is 11.3. The van der Waals surface area contributed by atoms with E-state index in [1.54, 1.807) is 12.1 Å². The Bertz CT molecular complexity index is 718. The van der Waals surface area contributed by atoms with Crippen molar-refractivity contribution in [1.29, 1.82) is 0 Å². The number of halogens is 1. The molecule has 1 unspecified atom stereocenters. The van der Waals surface area contributed by atoms with Crippen LogP contribution in [0.25, 0.3) is 0 Å². The Morgan fingerprint density at radius 2 is 1.96 bits per heavy atom. The number of aromatic nitrogens is 2. The summed E-state index contributed by atoms with van der Waals surface area (Å²) in [5, 5.41) is 11.9. The molecule has 1 N–H and O–H groups in total. The fraction of sp³-hybridized carbons (Fsp3) is 0.389. The van der Waals surface area contributed by atoms with Crippen LogP contribution in [0.15, 0.2) is 36.4 Å². The molecular formula is C18H21ClN4O3. The summed E-state index contributed by atoms with van der Waals surface area (Å²) in [4.78, 5) is 13.8. The van der Waals surface area contributed by atoms with Gasteiger partial charge in [-0.3, -0.25) is 4.90 Å². The molecule has 0 radical (unpaired) electrons. The zero-order chi connectivity index (χ0) is 18.4. The molecule has 1 aromatic carbocycles. The van der Waals surface area contributed by atoms with E-state index in [0.717, 1.165) is 26.3 Å². The summed E-state index contributed by atoms with van der Waals surface area (Å²) in [6.45, 7) is 3.81. The van der Waals surface area contributed by atoms with Crippen molar-refractivity contribution in [2.75, 3.05) is 45.3 Å². The Morgan fingerprint density at radius 3 is 2.58 bits per heavy atom. The second kappa shape index (κ2) is 8.93. The van der Waals surface area contributed by atoms with Crippen LogP contribution in [-0.4, -0.2) is 61.0 Å². The maximum Gasteiger partial charge on any atom is 0.358 e. The smallest absolute Gasteiger partial charge is 0.358 e. The molecule has 2 aromatic rings. The van der Waals surface area contributed by atoms with Crippen molar-refractivity contribution in [3.63, 3.8) is 0 Å². The Kier molecular flexibility index (Phi) is 6.38. The SMILES string of the molecule is COC(=O)c1ccc(NCC(c2ccc(Cl)cc2)N2CCOCC2)nn1. The van der Waals surface area contributed by atoms with E-state index in [1.165, 1.54) is 12.7 Å². The number of ether oxygens (including phenoxy) is 2. The summed E-state index contributed by atoms with van der Waals surface area (Å²) < 4.78 is 10.1. The zero-order valence-corrected chi connectivity index (χ0v) is 15.3. The number of hydrogen-bond acceptors (Lipinski definition) is 7. The highest BCUT2D eigenvalue weighted by Crippen LogP contribution is 2.24. The van der Waals surface area contributed by atoms with Crippen LogP contribution in [0.5, 0.6) is 0 Å². The number of benzene rings is 1. The number of carbonyl (C=O) groups is 1. The zero-order valence-electron chi connectivity index (χ0n) is 14.5. The lowest BCUT2D eigenvalue weighted by molar-refractivity contribution is 0.0187. The van der Waals surface area contributed by atoms with E-state index >= 15 is 0 Å². The first kappa shape index (κ1) is 18.6. The molecule has 8 heteroatoms. The van der Waals surface area contributed by atoms with Gasteiger partial charge < -0.3 is 14.8 Å². The molecule has 1 aliphatic heterocycles. The topological polar surface area (TPSA) is 76.6 Å². The van der Waals surface area contributed by atoms with Crippen molar-refractivity contribution in [2.24, 2.45) is 0 Å². The van der Waals surface area contributed by atoms with Gasteiger partial charge in [0.25, 0.3) is 0 Å². The van der Waals surface area contributed by atoms with Crippen LogP contribution in [0.4, 0.5) is 5.82 Å². The number of anilines is 1. The second-order valence-corrected chi connectivity index (χ2v) is 6.33. The Balaban J connectivity index is 1.71. The summed E-state index contributed by atoms with van der Waals surface area (Å²) in [5.74, 6) is 0.0984. The van der Waals surface area contributed by atoms with Crippen molar-refractivity contribution in [3.05, 3.63) is 52.7 Å². The highest BCUT2D eigenvalue weighted by Gasteiger charge is 2.22. The van der Waals surface area contributed by atoms with Crippen molar-refractivity contribution < 1.29 is 14.3 Å². The monoisotopic (exact) mass is 376 g/mol. The van der Waals surface area contributed by atoms with E-state index in [0.29, 0.717) is 17.4 Å². The van der Waals surface area contributed by atoms with E-state index in [-0.39, 0.29) is 11.7 Å². The number of nitrogens with zero attached hydrogens (tertiary/aromatic N) is 3. The van der Waals surface area contributed by atoms with Crippen LogP contribution in [0.3, 0.4) is 0 Å². The van der Waals surface area contributed by atoms with Gasteiger partial charge in [-0.05, 0) is 29.8 Å². The maximum absolute atomic E-state index is 11.4. The van der Waals surface area contributed by atoms with Gasteiger partial charge in [-0.15, -0.1) is 10.2 Å². The second-order valence-electron chi connectivity index (χ2n) is 5.89. The minimum atomic E-state index is -0.503. The highest BCUT2D eigenvalue weighted by molar-refractivity contribution is 6.30. The van der Waals surface area contributed by atoms with Gasteiger partial charge in [0.2, 0.25) is 0 Å². The van der Waals surface area contributed by atoms with Gasteiger partial charge in [-0.2, -0.15) is 0 Å². The van der Waals surface area contributed by atoms with E-state index < -0.39 is 5.97 Å². The number of rotatable bonds is 6. The van der Waals surface area contributed by atoms with Crippen molar-refractivity contribution in [1.82, 2.24) is 15.1 Å². The van der Waals surface area contributed by atoms with Crippen LogP contribution >= 0.6 is 11.6 Å². The Morgan fingerprint density at radius 1 is 1.23 bits per heavy atom. The predicted octanol–water partition coefficient (Wildman–Crippen LogP) is 2.40. The standard InChI is InChI=1S/C18H21ClN4O3/c1-25-18(24)15-6-7-17(22-21-15)20-12-16(23-8-10-26-11-9-23)13-2-4-14(19)5-3-13/h2-7,16H,8-12H2,1H3,(H,20,22). The van der Waals surface area contributed by atoms with Crippen LogP contribution in [-0.2, 0) is 9.47 Å². The molecule has 1 aromatic heterocycles. The molecule has 26 heavy (non-hydrogen) atoms. The van der Waals surface area contributed by atoms with Crippen LogP contribution in [0, 0.1) is 0 Å². The average molecular weight is 377 g/mol. The molecule has 1 fully saturated rings. The lowest BCUT2D eigenvalue weighted by Gasteiger charge is -2.35. The molecule has 0 saturated carbocycles. The first-order valence-electron chi connectivity index (χ1n) is 8.40. The molecular weight excluding hydrogens is 356 g/mol. The van der Waals surface area contributed by atoms with Gasteiger partial charge in [-0.25, -0.2) is 4.79 Å². The van der Waals surface area contributed by atoms with Crippen molar-refractivity contribution in [2.45, 2.75) is 6.04 Å². The lowest BCUT2D eigenvalue weighted by atomic mass is 10.0. The van der Waals surface area contributed by atoms with Crippen molar-refractivity contribution >= 4 is 23.4 Å². The summed E-state index contributed by atoms with van der Waals surface area (Å²) >= 11 is 6.02. The number of morpholine rings is 1. The normalized spacial score (nSPS) is 16.1. The van der Waals surface area contributed by atoms with Gasteiger partial charge >= 0.3 is 5.97 Å². The quantitative estimate of drug-likeness (QED) is 0.775. The maximum atomic E-state index is 11.4. The van der Waals surface area contributed by atoms with Gasteiger partial charge in [0.05, 0.1) is 26.4 Å². The first-order chi connectivity index (χ1) is 12.7. The molecule has 1 saturated heterocycles. The third kappa shape index (κ3) is 4.69. The molecule has 0 bridgehead atoms. The Hall–Kier alpha value is -2.22. The Labute approximate surface area is 157 Å². The van der Waals surface area contributed by atoms with E-state index in [1.807, 2.05) is 24.3 Å². The van der Waals surface area contributed by atoms with Crippen LogP contribution < -0.4 is 5.32 Å². The molecule has 0 amide bonds. The number of carbonyl (C=O) groups excluding carboxylic acids is 1. The molecule has 0 aliphatic carbocycles. The van der Waals surface area contributed by atoms with Crippen LogP contribution in [0.1, 0.15) is 22.1 Å². The molecule has 7 nitrogen and oxygen atoms in total. The van der Waals surface area contributed by atoms with Crippen molar-refractivity contribution in [3.8, 4) is 0 Å². The van der Waals surface area contributed by atoms with E-state index in [2.05, 4.69) is 25.2 Å². The third-order valence-electron chi connectivity index (χ3n) is 4.28. The van der Waals surface area contributed by atoms with E-state index in [9.17, 15) is 4.79 Å². The molecule has 3 rings (SSSR count). The van der Waals surface area contributed by atoms with E-state index in [4.69, 9.17) is 16.3 Å². The number of hydrogen-bond donors (Lipinski definition) is 1. The van der Waals surface area contributed by atoms with Crippen LogP contribution in [0.2, 0.25) is 5.02 Å². The largest absolute Gasteiger partial charge is 0.464 e. The van der Waals surface area contributed by atoms with Gasteiger partial charge in [0, 0.05) is 24.7 Å². The first-order valence-corrected chi connectivity index (χ1v) is 8.78. The predicted molar refractivity (Wildman–Crippen MR) is 98.4 cm³/mol. The minimum Gasteiger partial charge on any atom is -0.464 e. The van der Waals surface area contributed by atoms with Gasteiger partial charge in [0.15, 0.2) is 5.69 Å². The minimum absolute atomic E-state index is 0.151.